The largest absolute Gasteiger partial charge is 0.403 e. The molecule has 198 valence electrons. The standard InChI is InChI=1S/C25H25ClN6O5S/c1-14-9-10-32(28-14)13-18-19(38(4,35)36)8-7-17(21(18)26)23(33)20-22(15-5-6-15)29-31(3)24(20)37-25(34)16-11-27-30(2)12-16/h7-12,15H,5-6,13H2,1-4H3. The molecule has 4 aromatic rings. The Morgan fingerprint density at radius 2 is 1.89 bits per heavy atom. The molecule has 11 nitrogen and oxygen atoms in total. The zero-order chi connectivity index (χ0) is 27.4. The van der Waals surface area contributed by atoms with Gasteiger partial charge in [-0.25, -0.2) is 17.9 Å². The number of carbonyl (C=O) groups is 2. The van der Waals surface area contributed by atoms with Crippen molar-refractivity contribution in [1.29, 1.82) is 0 Å². The maximum absolute atomic E-state index is 14.0. The molecule has 0 aliphatic heterocycles. The van der Waals surface area contributed by atoms with E-state index in [-0.39, 0.29) is 50.5 Å². The average molecular weight is 557 g/mol. The van der Waals surface area contributed by atoms with Crippen molar-refractivity contribution in [3.63, 3.8) is 0 Å². The topological polar surface area (TPSA) is 131 Å². The molecule has 0 N–H and O–H groups in total. The fourth-order valence-electron chi connectivity index (χ4n) is 4.30. The lowest BCUT2D eigenvalue weighted by atomic mass is 9.99. The molecule has 3 aromatic heterocycles. The predicted molar refractivity (Wildman–Crippen MR) is 137 cm³/mol. The van der Waals surface area contributed by atoms with Crippen LogP contribution in [-0.4, -0.2) is 55.8 Å². The van der Waals surface area contributed by atoms with E-state index < -0.39 is 21.6 Å². The van der Waals surface area contributed by atoms with Crippen molar-refractivity contribution in [2.24, 2.45) is 14.1 Å². The lowest BCUT2D eigenvalue weighted by Gasteiger charge is -2.14. The van der Waals surface area contributed by atoms with E-state index in [4.69, 9.17) is 16.3 Å². The third-order valence-electron chi connectivity index (χ3n) is 6.28. The van der Waals surface area contributed by atoms with Crippen LogP contribution in [0.25, 0.3) is 0 Å². The van der Waals surface area contributed by atoms with E-state index in [0.717, 1.165) is 24.8 Å². The number of rotatable bonds is 8. The summed E-state index contributed by atoms with van der Waals surface area (Å²) in [5, 5.41) is 12.8. The fourth-order valence-corrected chi connectivity index (χ4v) is 5.59. The zero-order valence-corrected chi connectivity index (χ0v) is 22.7. The average Bonchev–Trinajstić information content (AvgIpc) is 3.33. The quantitative estimate of drug-likeness (QED) is 0.239. The molecule has 1 fully saturated rings. The van der Waals surface area contributed by atoms with Gasteiger partial charge in [0.05, 0.1) is 39.6 Å². The third kappa shape index (κ3) is 4.88. The predicted octanol–water partition coefficient (Wildman–Crippen LogP) is 3.09. The van der Waals surface area contributed by atoms with Gasteiger partial charge in [-0.05, 0) is 38.0 Å². The number of hydrogen-bond acceptors (Lipinski definition) is 8. The number of halogens is 1. The van der Waals surface area contributed by atoms with Crippen LogP contribution in [0.5, 0.6) is 5.88 Å². The van der Waals surface area contributed by atoms with Gasteiger partial charge in [0.15, 0.2) is 9.84 Å². The molecule has 1 aliphatic rings. The van der Waals surface area contributed by atoms with Crippen molar-refractivity contribution in [2.45, 2.75) is 37.1 Å². The zero-order valence-electron chi connectivity index (χ0n) is 21.2. The summed E-state index contributed by atoms with van der Waals surface area (Å²) >= 11 is 6.76. The van der Waals surface area contributed by atoms with Gasteiger partial charge in [-0.3, -0.25) is 14.2 Å². The number of aromatic nitrogens is 6. The number of sulfone groups is 1. The molecular weight excluding hydrogens is 532 g/mol. The van der Waals surface area contributed by atoms with Crippen molar-refractivity contribution in [3.05, 3.63) is 75.5 Å². The Hall–Kier alpha value is -3.77. The van der Waals surface area contributed by atoms with Crippen molar-refractivity contribution in [3.8, 4) is 5.88 Å². The van der Waals surface area contributed by atoms with Gasteiger partial charge in [0.1, 0.15) is 5.56 Å². The molecule has 38 heavy (non-hydrogen) atoms. The lowest BCUT2D eigenvalue weighted by Crippen LogP contribution is -2.15. The minimum Gasteiger partial charge on any atom is -0.403 e. The second-order valence-corrected chi connectivity index (χ2v) is 11.8. The van der Waals surface area contributed by atoms with E-state index in [1.165, 1.54) is 33.9 Å². The number of carbonyl (C=O) groups excluding carboxylic acids is 2. The third-order valence-corrected chi connectivity index (χ3v) is 7.89. The van der Waals surface area contributed by atoms with Crippen LogP contribution >= 0.6 is 11.6 Å². The summed E-state index contributed by atoms with van der Waals surface area (Å²) in [7, 11) is -0.404. The van der Waals surface area contributed by atoms with E-state index in [1.807, 2.05) is 6.92 Å². The molecule has 1 aromatic carbocycles. The molecule has 0 amide bonds. The highest BCUT2D eigenvalue weighted by Crippen LogP contribution is 2.44. The van der Waals surface area contributed by atoms with Crippen LogP contribution in [0.3, 0.4) is 0 Å². The summed E-state index contributed by atoms with van der Waals surface area (Å²) < 4.78 is 35.2. The number of aryl methyl sites for hydroxylation is 3. The van der Waals surface area contributed by atoms with E-state index in [9.17, 15) is 18.0 Å². The van der Waals surface area contributed by atoms with E-state index in [1.54, 1.807) is 31.0 Å². The summed E-state index contributed by atoms with van der Waals surface area (Å²) in [5.74, 6) is -1.17. The van der Waals surface area contributed by atoms with E-state index >= 15 is 0 Å². The Kier molecular flexibility index (Phi) is 6.48. The molecule has 1 saturated carbocycles. The van der Waals surface area contributed by atoms with E-state index in [0.29, 0.717) is 5.69 Å². The van der Waals surface area contributed by atoms with E-state index in [2.05, 4.69) is 15.3 Å². The molecule has 0 bridgehead atoms. The number of nitrogens with zero attached hydrogens (tertiary/aromatic N) is 6. The van der Waals surface area contributed by atoms with Gasteiger partial charge in [-0.2, -0.15) is 15.3 Å². The lowest BCUT2D eigenvalue weighted by molar-refractivity contribution is 0.0718. The first kappa shape index (κ1) is 25.9. The van der Waals surface area contributed by atoms with Crippen LogP contribution in [0.2, 0.25) is 5.02 Å². The van der Waals surface area contributed by atoms with Crippen LogP contribution in [0.1, 0.15) is 62.0 Å². The Morgan fingerprint density at radius 1 is 1.16 bits per heavy atom. The number of benzene rings is 1. The number of esters is 1. The van der Waals surface area contributed by atoms with Crippen LogP contribution in [0.15, 0.2) is 41.7 Å². The summed E-state index contributed by atoms with van der Waals surface area (Å²) in [6.45, 7) is 1.85. The van der Waals surface area contributed by atoms with Gasteiger partial charge in [0.2, 0.25) is 11.7 Å². The summed E-state index contributed by atoms with van der Waals surface area (Å²) in [5.41, 5.74) is 1.92. The van der Waals surface area contributed by atoms with Crippen LogP contribution in [0.4, 0.5) is 0 Å². The van der Waals surface area contributed by atoms with Crippen LogP contribution < -0.4 is 4.74 Å². The van der Waals surface area contributed by atoms with Crippen molar-refractivity contribution in [1.82, 2.24) is 29.3 Å². The molecule has 3 heterocycles. The second kappa shape index (κ2) is 9.52. The minimum atomic E-state index is -3.67. The fraction of sp³-hybridized carbons (Fsp3) is 0.320. The molecule has 5 rings (SSSR count). The Labute approximate surface area is 223 Å². The molecular formula is C25H25ClN6O5S. The molecule has 0 atom stereocenters. The van der Waals surface area contributed by atoms with Crippen molar-refractivity contribution < 1.29 is 22.7 Å². The smallest absolute Gasteiger partial charge is 0.348 e. The first-order chi connectivity index (χ1) is 17.9. The summed E-state index contributed by atoms with van der Waals surface area (Å²) in [6.07, 6.45) is 7.35. The highest BCUT2D eigenvalue weighted by Gasteiger charge is 2.37. The molecule has 0 unspecified atom stereocenters. The molecule has 0 spiro atoms. The molecule has 0 saturated heterocycles. The van der Waals surface area contributed by atoms with Gasteiger partial charge in [0, 0.05) is 49.8 Å². The number of ether oxygens (including phenoxy) is 1. The van der Waals surface area contributed by atoms with Crippen molar-refractivity contribution >= 4 is 33.2 Å². The molecule has 1 aliphatic carbocycles. The summed E-state index contributed by atoms with van der Waals surface area (Å²) in [4.78, 5) is 26.9. The number of ketones is 1. The maximum Gasteiger partial charge on any atom is 0.348 e. The van der Waals surface area contributed by atoms with Gasteiger partial charge < -0.3 is 4.74 Å². The number of hydrogen-bond donors (Lipinski definition) is 0. The van der Waals surface area contributed by atoms with Crippen molar-refractivity contribution in [2.75, 3.05) is 6.26 Å². The molecule has 13 heteroatoms. The molecule has 0 radical (unpaired) electrons. The van der Waals surface area contributed by atoms with Crippen LogP contribution in [-0.2, 0) is 30.5 Å². The minimum absolute atomic E-state index is 0.00374. The highest BCUT2D eigenvalue weighted by atomic mass is 35.5. The second-order valence-electron chi connectivity index (χ2n) is 9.42. The maximum atomic E-state index is 14.0. The Balaban J connectivity index is 1.61. The monoisotopic (exact) mass is 556 g/mol. The Bertz CT molecular complexity index is 1700. The van der Waals surface area contributed by atoms with Gasteiger partial charge in [-0.15, -0.1) is 0 Å². The van der Waals surface area contributed by atoms with Gasteiger partial charge in [0.25, 0.3) is 0 Å². The SMILES string of the molecule is Cc1ccn(Cc2c(S(C)(=O)=O)ccc(C(=O)c3c(C4CC4)nn(C)c3OC(=O)c3cnn(C)c3)c2Cl)n1. The highest BCUT2D eigenvalue weighted by molar-refractivity contribution is 7.90. The normalized spacial score (nSPS) is 13.6. The first-order valence-corrected chi connectivity index (χ1v) is 14.0. The summed E-state index contributed by atoms with van der Waals surface area (Å²) in [6, 6.07) is 4.54. The van der Waals surface area contributed by atoms with Crippen LogP contribution in [0, 0.1) is 6.92 Å². The first-order valence-electron chi connectivity index (χ1n) is 11.8. The van der Waals surface area contributed by atoms with Gasteiger partial charge in [-0.1, -0.05) is 11.6 Å². The van der Waals surface area contributed by atoms with Gasteiger partial charge >= 0.3 is 5.97 Å². The Morgan fingerprint density at radius 3 is 2.47 bits per heavy atom.